The zero-order valence-electron chi connectivity index (χ0n) is 21.9. The normalized spacial score (nSPS) is 18.1. The number of halogens is 3. The second-order valence-corrected chi connectivity index (χ2v) is 10.6. The highest BCUT2D eigenvalue weighted by Crippen LogP contribution is 2.45. The van der Waals surface area contributed by atoms with E-state index in [9.17, 15) is 23.2 Å². The van der Waals surface area contributed by atoms with Crippen molar-refractivity contribution in [3.8, 4) is 11.1 Å². The summed E-state index contributed by atoms with van der Waals surface area (Å²) in [6, 6.07) is 14.2. The van der Waals surface area contributed by atoms with Crippen molar-refractivity contribution >= 4 is 29.4 Å². The molecule has 208 valence electrons. The summed E-state index contributed by atoms with van der Waals surface area (Å²) >= 11 is 5.75. The van der Waals surface area contributed by atoms with Crippen LogP contribution in [0.25, 0.3) is 11.1 Å². The molecule has 2 aliphatic rings. The molecule has 0 N–H and O–H groups in total. The number of ether oxygens (including phenoxy) is 1. The van der Waals surface area contributed by atoms with Crippen LogP contribution in [-0.4, -0.2) is 64.9 Å². The molecular weight excluding hydrogens is 540 g/mol. The maximum absolute atomic E-state index is 13.9. The lowest BCUT2D eigenvalue weighted by atomic mass is 9.76. The van der Waals surface area contributed by atoms with Gasteiger partial charge in [-0.3, -0.25) is 14.6 Å². The molecule has 2 aliphatic heterocycles. The molecule has 7 nitrogen and oxygen atoms in total. The summed E-state index contributed by atoms with van der Waals surface area (Å²) < 4.78 is 32.8. The molecule has 2 amide bonds. The van der Waals surface area contributed by atoms with Gasteiger partial charge >= 0.3 is 5.97 Å². The van der Waals surface area contributed by atoms with Crippen LogP contribution in [-0.2, 0) is 9.53 Å². The molecule has 0 saturated carbocycles. The molecule has 0 aliphatic carbocycles. The fraction of sp³-hybridized carbons (Fsp3) is 0.333. The predicted molar refractivity (Wildman–Crippen MR) is 145 cm³/mol. The van der Waals surface area contributed by atoms with E-state index in [4.69, 9.17) is 16.3 Å². The van der Waals surface area contributed by atoms with Crippen LogP contribution in [0.1, 0.15) is 47.0 Å². The van der Waals surface area contributed by atoms with Gasteiger partial charge in [-0.25, -0.2) is 13.6 Å². The number of amides is 2. The van der Waals surface area contributed by atoms with Gasteiger partial charge in [0.05, 0.1) is 11.6 Å². The van der Waals surface area contributed by atoms with Crippen molar-refractivity contribution in [2.45, 2.75) is 32.2 Å². The average Bonchev–Trinajstić information content (AvgIpc) is 3.35. The topological polar surface area (TPSA) is 79.8 Å². The Morgan fingerprint density at radius 1 is 1.05 bits per heavy atom. The molecule has 3 heterocycles. The molecule has 5 rings (SSSR count). The number of pyridine rings is 1. The minimum atomic E-state index is -1.19. The van der Waals surface area contributed by atoms with Gasteiger partial charge < -0.3 is 14.5 Å². The molecule has 40 heavy (non-hydrogen) atoms. The van der Waals surface area contributed by atoms with Crippen molar-refractivity contribution in [3.05, 3.63) is 88.7 Å². The number of likely N-dealkylation sites (tertiary alicyclic amines) is 2. The number of benzene rings is 2. The molecule has 2 fully saturated rings. The molecule has 1 aromatic heterocycles. The molecule has 10 heteroatoms. The Morgan fingerprint density at radius 3 is 2.45 bits per heavy atom. The van der Waals surface area contributed by atoms with Gasteiger partial charge in [0.25, 0.3) is 11.8 Å². The number of rotatable bonds is 5. The highest BCUT2D eigenvalue weighted by atomic mass is 35.5. The second kappa shape index (κ2) is 11.3. The third kappa shape index (κ3) is 5.30. The van der Waals surface area contributed by atoms with Gasteiger partial charge in [0.15, 0.2) is 11.6 Å². The molecule has 2 aromatic carbocycles. The smallest absolute Gasteiger partial charge is 0.328 e. The first kappa shape index (κ1) is 27.7. The van der Waals surface area contributed by atoms with Crippen molar-refractivity contribution in [2.75, 3.05) is 26.2 Å². The van der Waals surface area contributed by atoms with E-state index in [1.165, 1.54) is 0 Å². The molecule has 2 saturated heterocycles. The summed E-state index contributed by atoms with van der Waals surface area (Å²) in [7, 11) is 0. The van der Waals surface area contributed by atoms with Crippen molar-refractivity contribution in [2.24, 2.45) is 5.41 Å². The largest absolute Gasteiger partial charge is 0.464 e. The van der Waals surface area contributed by atoms with Crippen molar-refractivity contribution in [3.63, 3.8) is 0 Å². The van der Waals surface area contributed by atoms with E-state index in [0.717, 1.165) is 17.7 Å². The van der Waals surface area contributed by atoms with Gasteiger partial charge in [-0.05, 0) is 55.4 Å². The minimum absolute atomic E-state index is 0.0314. The Bertz CT molecular complexity index is 1420. The standard InChI is InChI=1S/C30H28ClF2N3O4/c1-2-40-29(39)24-17-30(10-13-35(14-11-30)27(37)20-15-22(31)25(33)23(32)16-20)18-36(24)28(38)26-21(9-6-12-34-26)19-7-4-3-5-8-19/h3-9,12,15-16,24H,2,10-11,13-14,17-18H2,1H3. The van der Waals surface area contributed by atoms with Crippen LogP contribution in [0.15, 0.2) is 60.8 Å². The van der Waals surface area contributed by atoms with Gasteiger partial charge in [0.2, 0.25) is 0 Å². The van der Waals surface area contributed by atoms with Crippen LogP contribution in [0, 0.1) is 17.0 Å². The summed E-state index contributed by atoms with van der Waals surface area (Å²) in [4.78, 5) is 47.5. The van der Waals surface area contributed by atoms with Crippen molar-refractivity contribution in [1.29, 1.82) is 0 Å². The molecule has 1 atom stereocenters. The number of piperidine rings is 1. The van der Waals surface area contributed by atoms with Crippen LogP contribution in [0.2, 0.25) is 5.02 Å². The van der Waals surface area contributed by atoms with E-state index in [0.29, 0.717) is 44.5 Å². The monoisotopic (exact) mass is 567 g/mol. The van der Waals surface area contributed by atoms with Crippen LogP contribution in [0.3, 0.4) is 0 Å². The Hall–Kier alpha value is -3.85. The molecule has 1 unspecified atom stereocenters. The van der Waals surface area contributed by atoms with Gasteiger partial charge in [0.1, 0.15) is 11.7 Å². The summed E-state index contributed by atoms with van der Waals surface area (Å²) in [6.45, 7) is 2.86. The van der Waals surface area contributed by atoms with Crippen LogP contribution in [0.4, 0.5) is 8.78 Å². The van der Waals surface area contributed by atoms with E-state index in [1.54, 1.807) is 29.0 Å². The van der Waals surface area contributed by atoms with Gasteiger partial charge in [-0.15, -0.1) is 0 Å². The fourth-order valence-corrected chi connectivity index (χ4v) is 5.90. The third-order valence-corrected chi connectivity index (χ3v) is 8.04. The van der Waals surface area contributed by atoms with Gasteiger partial charge in [0, 0.05) is 37.0 Å². The van der Waals surface area contributed by atoms with E-state index in [2.05, 4.69) is 4.98 Å². The van der Waals surface area contributed by atoms with E-state index >= 15 is 0 Å². The molecule has 3 aromatic rings. The summed E-state index contributed by atoms with van der Waals surface area (Å²) in [5.41, 5.74) is 1.31. The van der Waals surface area contributed by atoms with Crippen molar-refractivity contribution in [1.82, 2.24) is 14.8 Å². The lowest BCUT2D eigenvalue weighted by Gasteiger charge is -2.39. The molecule has 0 bridgehead atoms. The van der Waals surface area contributed by atoms with E-state index in [-0.39, 0.29) is 23.8 Å². The zero-order valence-corrected chi connectivity index (χ0v) is 22.7. The third-order valence-electron chi connectivity index (χ3n) is 7.77. The number of nitrogens with zero attached hydrogens (tertiary/aromatic N) is 3. The maximum Gasteiger partial charge on any atom is 0.328 e. The number of hydrogen-bond acceptors (Lipinski definition) is 5. The highest BCUT2D eigenvalue weighted by Gasteiger charge is 2.51. The van der Waals surface area contributed by atoms with E-state index < -0.39 is 40.0 Å². The number of carbonyl (C=O) groups excluding carboxylic acids is 3. The lowest BCUT2D eigenvalue weighted by molar-refractivity contribution is -0.147. The number of aromatic nitrogens is 1. The number of carbonyl (C=O) groups is 3. The highest BCUT2D eigenvalue weighted by molar-refractivity contribution is 6.31. The number of esters is 1. The molecular formula is C30H28ClF2N3O4. The van der Waals surface area contributed by atoms with Crippen LogP contribution in [0.5, 0.6) is 0 Å². The Kier molecular flexibility index (Phi) is 7.85. The van der Waals surface area contributed by atoms with Crippen molar-refractivity contribution < 1.29 is 27.9 Å². The van der Waals surface area contributed by atoms with E-state index in [1.807, 2.05) is 36.4 Å². The predicted octanol–water partition coefficient (Wildman–Crippen LogP) is 5.38. The number of hydrogen-bond donors (Lipinski definition) is 0. The average molecular weight is 568 g/mol. The van der Waals surface area contributed by atoms with Crippen LogP contribution < -0.4 is 0 Å². The van der Waals surface area contributed by atoms with Gasteiger partial charge in [-0.1, -0.05) is 48.0 Å². The SMILES string of the molecule is CCOC(=O)C1CC2(CCN(C(=O)c3cc(F)c(F)c(Cl)c3)CC2)CN1C(=O)c1ncccc1-c1ccccc1. The Labute approximate surface area is 235 Å². The molecule has 0 radical (unpaired) electrons. The quantitative estimate of drug-likeness (QED) is 0.305. The maximum atomic E-state index is 13.9. The minimum Gasteiger partial charge on any atom is -0.464 e. The molecule has 1 spiro atoms. The first-order chi connectivity index (χ1) is 19.2. The first-order valence-electron chi connectivity index (χ1n) is 13.1. The summed E-state index contributed by atoms with van der Waals surface area (Å²) in [6.07, 6.45) is 2.98. The van der Waals surface area contributed by atoms with Crippen LogP contribution >= 0.6 is 11.6 Å². The second-order valence-electron chi connectivity index (χ2n) is 10.2. The first-order valence-corrected chi connectivity index (χ1v) is 13.5. The Morgan fingerprint density at radius 2 is 1.77 bits per heavy atom. The summed E-state index contributed by atoms with van der Waals surface area (Å²) in [5, 5.41) is -0.455. The van der Waals surface area contributed by atoms with Gasteiger partial charge in [-0.2, -0.15) is 0 Å². The zero-order chi connectivity index (χ0) is 28.4. The summed E-state index contributed by atoms with van der Waals surface area (Å²) in [5.74, 6) is -3.66. The fourth-order valence-electron chi connectivity index (χ4n) is 5.69. The lowest BCUT2D eigenvalue weighted by Crippen LogP contribution is -2.45. The Balaban J connectivity index is 1.38.